The molecule has 3 rings (SSSR count). The van der Waals surface area contributed by atoms with Crippen LogP contribution in [0.5, 0.6) is 0 Å². The molecule has 0 saturated carbocycles. The number of sulfone groups is 1. The summed E-state index contributed by atoms with van der Waals surface area (Å²) in [7, 11) is -2.04. The largest absolute Gasteiger partial charge is 0.466 e. The number of methoxy groups -OCH3 is 1. The molecule has 7 nitrogen and oxygen atoms in total. The van der Waals surface area contributed by atoms with Gasteiger partial charge in [-0.05, 0) is 42.7 Å². The Bertz CT molecular complexity index is 1090. The number of benzene rings is 2. The lowest BCUT2D eigenvalue weighted by atomic mass is 9.92. The van der Waals surface area contributed by atoms with Gasteiger partial charge in [0.05, 0.1) is 17.8 Å². The van der Waals surface area contributed by atoms with Crippen LogP contribution in [0.2, 0.25) is 0 Å². The molecule has 0 aliphatic carbocycles. The molecule has 2 aromatic carbocycles. The maximum absolute atomic E-state index is 13.3. The third-order valence-electron chi connectivity index (χ3n) is 5.94. The van der Waals surface area contributed by atoms with Gasteiger partial charge in [-0.1, -0.05) is 43.3 Å². The molecule has 1 saturated heterocycles. The minimum atomic E-state index is -3.35. The third kappa shape index (κ3) is 5.69. The second-order valence-electron chi connectivity index (χ2n) is 7.93. The summed E-state index contributed by atoms with van der Waals surface area (Å²) in [6, 6.07) is 15.6. The van der Waals surface area contributed by atoms with Gasteiger partial charge in [0.25, 0.3) is 5.91 Å². The summed E-state index contributed by atoms with van der Waals surface area (Å²) < 4.78 is 29.4. The number of nitrogens with one attached hydrogen (secondary N) is 1. The van der Waals surface area contributed by atoms with E-state index in [4.69, 9.17) is 4.74 Å². The number of hydrogen-bond donors (Lipinski definition) is 1. The number of hydrogen-bond acceptors (Lipinski definition) is 6. The van der Waals surface area contributed by atoms with Crippen molar-refractivity contribution in [1.29, 1.82) is 0 Å². The normalized spacial score (nSPS) is 16.4. The molecular formula is C25H30N2O5S. The molecule has 0 bridgehead atoms. The Morgan fingerprint density at radius 1 is 1.06 bits per heavy atom. The van der Waals surface area contributed by atoms with E-state index in [9.17, 15) is 18.0 Å². The first kappa shape index (κ1) is 24.7. The molecule has 8 heteroatoms. The number of rotatable bonds is 9. The number of nitrogens with zero attached hydrogens (tertiary/aromatic N) is 1. The summed E-state index contributed by atoms with van der Waals surface area (Å²) in [4.78, 5) is 27.4. The molecule has 2 aromatic rings. The van der Waals surface area contributed by atoms with Crippen LogP contribution in [0, 0.1) is 0 Å². The van der Waals surface area contributed by atoms with Gasteiger partial charge < -0.3 is 10.1 Å². The fourth-order valence-electron chi connectivity index (χ4n) is 4.08. The first-order valence-electron chi connectivity index (χ1n) is 11.0. The van der Waals surface area contributed by atoms with Gasteiger partial charge in [-0.2, -0.15) is 0 Å². The molecule has 1 N–H and O–H groups in total. The molecule has 0 aromatic heterocycles. The molecule has 33 heavy (non-hydrogen) atoms. The van der Waals surface area contributed by atoms with E-state index in [1.165, 1.54) is 13.2 Å². The van der Waals surface area contributed by atoms with Crippen molar-refractivity contribution in [3.63, 3.8) is 0 Å². The highest BCUT2D eigenvalue weighted by Crippen LogP contribution is 2.34. The van der Waals surface area contributed by atoms with Crippen LogP contribution < -0.4 is 5.32 Å². The molecule has 1 heterocycles. The highest BCUT2D eigenvalue weighted by molar-refractivity contribution is 7.91. The van der Waals surface area contributed by atoms with Crippen molar-refractivity contribution in [2.75, 3.05) is 26.0 Å². The predicted octanol–water partition coefficient (Wildman–Crippen LogP) is 3.28. The Kier molecular flexibility index (Phi) is 8.05. The number of carbonyl (C=O) groups is 2. The van der Waals surface area contributed by atoms with Crippen LogP contribution in [0.4, 0.5) is 0 Å². The Labute approximate surface area is 195 Å². The van der Waals surface area contributed by atoms with E-state index in [0.29, 0.717) is 12.0 Å². The average Bonchev–Trinajstić information content (AvgIpc) is 3.39. The third-order valence-corrected chi connectivity index (χ3v) is 7.69. The quantitative estimate of drug-likeness (QED) is 0.447. The maximum Gasteiger partial charge on any atom is 0.330 e. The lowest BCUT2D eigenvalue weighted by molar-refractivity contribution is -0.134. The molecule has 0 spiro atoms. The molecule has 1 aliphatic heterocycles. The second kappa shape index (κ2) is 10.8. The summed E-state index contributed by atoms with van der Waals surface area (Å²) in [5.74, 6) is -0.723. The van der Waals surface area contributed by atoms with Crippen LogP contribution in [-0.2, 0) is 25.0 Å². The monoisotopic (exact) mass is 470 g/mol. The molecule has 0 radical (unpaired) electrons. The van der Waals surface area contributed by atoms with Gasteiger partial charge in [0, 0.05) is 31.1 Å². The zero-order chi connectivity index (χ0) is 23.9. The van der Waals surface area contributed by atoms with Gasteiger partial charge >= 0.3 is 5.97 Å². The van der Waals surface area contributed by atoms with Crippen molar-refractivity contribution < 1.29 is 22.7 Å². The molecule has 1 atom stereocenters. The lowest BCUT2D eigenvalue weighted by Gasteiger charge is -2.42. The molecule has 1 fully saturated rings. The first-order chi connectivity index (χ1) is 15.8. The van der Waals surface area contributed by atoms with E-state index in [2.05, 4.69) is 10.2 Å². The lowest BCUT2D eigenvalue weighted by Crippen LogP contribution is -2.57. The van der Waals surface area contributed by atoms with Gasteiger partial charge in [-0.3, -0.25) is 9.69 Å². The number of likely N-dealkylation sites (tertiary alicyclic amines) is 1. The summed E-state index contributed by atoms with van der Waals surface area (Å²) in [5.41, 5.74) is 0.309. The summed E-state index contributed by atoms with van der Waals surface area (Å²) >= 11 is 0. The molecule has 176 valence electrons. The van der Waals surface area contributed by atoms with E-state index in [1.54, 1.807) is 61.5 Å². The zero-order valence-corrected chi connectivity index (χ0v) is 19.8. The highest BCUT2D eigenvalue weighted by Gasteiger charge is 2.40. The summed E-state index contributed by atoms with van der Waals surface area (Å²) in [5, 5.41) is 3.20. The summed E-state index contributed by atoms with van der Waals surface area (Å²) in [6.07, 6.45) is 5.29. The SMILES string of the molecule is CCS(=O)(=O)c1ccc(C(CC=CC(=O)OC)(NC(=O)c2ccccc2)N2CCCC2)cc1. The van der Waals surface area contributed by atoms with Crippen LogP contribution >= 0.6 is 0 Å². The first-order valence-corrected chi connectivity index (χ1v) is 12.7. The predicted molar refractivity (Wildman–Crippen MR) is 126 cm³/mol. The topological polar surface area (TPSA) is 92.8 Å². The minimum absolute atomic E-state index is 0.0101. The number of esters is 1. The molecule has 1 unspecified atom stereocenters. The zero-order valence-electron chi connectivity index (χ0n) is 19.0. The Balaban J connectivity index is 2.08. The Hall–Kier alpha value is -2.97. The van der Waals surface area contributed by atoms with Crippen LogP contribution in [0.15, 0.2) is 71.6 Å². The van der Waals surface area contributed by atoms with Crippen molar-refractivity contribution in [3.05, 3.63) is 77.9 Å². The van der Waals surface area contributed by atoms with Gasteiger partial charge in [-0.25, -0.2) is 13.2 Å². The van der Waals surface area contributed by atoms with Crippen molar-refractivity contribution in [2.45, 2.75) is 36.7 Å². The number of amides is 1. The molecule has 1 aliphatic rings. The van der Waals surface area contributed by atoms with Crippen LogP contribution in [0.25, 0.3) is 0 Å². The average molecular weight is 471 g/mol. The fraction of sp³-hybridized carbons (Fsp3) is 0.360. The van der Waals surface area contributed by atoms with Crippen molar-refractivity contribution in [2.24, 2.45) is 0 Å². The van der Waals surface area contributed by atoms with Gasteiger partial charge in [0.2, 0.25) is 0 Å². The highest BCUT2D eigenvalue weighted by atomic mass is 32.2. The van der Waals surface area contributed by atoms with E-state index in [0.717, 1.165) is 31.5 Å². The van der Waals surface area contributed by atoms with Crippen LogP contribution in [0.1, 0.15) is 42.1 Å². The van der Waals surface area contributed by atoms with Crippen LogP contribution in [-0.4, -0.2) is 51.1 Å². The smallest absolute Gasteiger partial charge is 0.330 e. The van der Waals surface area contributed by atoms with Crippen molar-refractivity contribution in [1.82, 2.24) is 10.2 Å². The van der Waals surface area contributed by atoms with Crippen LogP contribution in [0.3, 0.4) is 0 Å². The Morgan fingerprint density at radius 3 is 2.27 bits per heavy atom. The standard InChI is InChI=1S/C25H30N2O5S/c1-3-33(30,31)22-15-13-21(14-16-22)25(27-18-7-8-19-27,17-9-12-23(28)32-2)26-24(29)20-10-5-4-6-11-20/h4-6,9-16H,3,7-8,17-19H2,1-2H3,(H,26,29). The maximum atomic E-state index is 13.3. The van der Waals surface area contributed by atoms with E-state index in [1.807, 2.05) is 6.07 Å². The minimum Gasteiger partial charge on any atom is -0.466 e. The number of ether oxygens (including phenoxy) is 1. The van der Waals surface area contributed by atoms with E-state index >= 15 is 0 Å². The van der Waals surface area contributed by atoms with Gasteiger partial charge in [-0.15, -0.1) is 0 Å². The second-order valence-corrected chi connectivity index (χ2v) is 10.2. The van der Waals surface area contributed by atoms with Crippen molar-refractivity contribution >= 4 is 21.7 Å². The number of carbonyl (C=O) groups excluding carboxylic acids is 2. The Morgan fingerprint density at radius 2 is 1.70 bits per heavy atom. The molecule has 1 amide bonds. The van der Waals surface area contributed by atoms with Crippen molar-refractivity contribution in [3.8, 4) is 0 Å². The summed E-state index contributed by atoms with van der Waals surface area (Å²) in [6.45, 7) is 3.13. The van der Waals surface area contributed by atoms with Gasteiger partial charge in [0.1, 0.15) is 5.66 Å². The van der Waals surface area contributed by atoms with E-state index in [-0.39, 0.29) is 16.6 Å². The molecular weight excluding hydrogens is 440 g/mol. The van der Waals surface area contributed by atoms with Gasteiger partial charge in [0.15, 0.2) is 9.84 Å². The fourth-order valence-corrected chi connectivity index (χ4v) is 4.96. The van der Waals surface area contributed by atoms with E-state index < -0.39 is 21.5 Å².